The van der Waals surface area contributed by atoms with Gasteiger partial charge >= 0.3 is 0 Å². The maximum Gasteiger partial charge on any atom is 0.245 e. The third kappa shape index (κ3) is 3.47. The Bertz CT molecular complexity index is 326. The van der Waals surface area contributed by atoms with Crippen molar-refractivity contribution in [3.05, 3.63) is 0 Å². The molecule has 1 aliphatic heterocycles. The highest BCUT2D eigenvalue weighted by molar-refractivity contribution is 5.95. The minimum Gasteiger partial charge on any atom is -0.342 e. The third-order valence-electron chi connectivity index (χ3n) is 4.02. The van der Waals surface area contributed by atoms with Crippen LogP contribution >= 0.6 is 0 Å². The fourth-order valence-electron chi connectivity index (χ4n) is 2.11. The molecule has 1 saturated heterocycles. The van der Waals surface area contributed by atoms with Crippen LogP contribution in [0.1, 0.15) is 47.5 Å². The molecule has 0 aromatic carbocycles. The second kappa shape index (κ2) is 5.72. The van der Waals surface area contributed by atoms with Crippen LogP contribution in [0.5, 0.6) is 0 Å². The Hall–Kier alpha value is -1.06. The van der Waals surface area contributed by atoms with E-state index in [4.69, 9.17) is 0 Å². The molecule has 0 radical (unpaired) electrons. The van der Waals surface area contributed by atoms with Gasteiger partial charge in [0.05, 0.1) is 6.54 Å². The van der Waals surface area contributed by atoms with E-state index >= 15 is 0 Å². The molecule has 2 amide bonds. The smallest absolute Gasteiger partial charge is 0.245 e. The number of nitrogens with zero attached hydrogens (tertiary/aromatic N) is 1. The van der Waals surface area contributed by atoms with Crippen molar-refractivity contribution in [2.75, 3.05) is 13.1 Å². The molecule has 1 N–H and O–H groups in total. The zero-order valence-electron chi connectivity index (χ0n) is 12.2. The van der Waals surface area contributed by atoms with Gasteiger partial charge in [0.2, 0.25) is 11.8 Å². The molecule has 1 fully saturated rings. The Morgan fingerprint density at radius 1 is 1.39 bits per heavy atom. The lowest BCUT2D eigenvalue weighted by Gasteiger charge is -2.39. The van der Waals surface area contributed by atoms with Gasteiger partial charge in [0.15, 0.2) is 0 Å². The van der Waals surface area contributed by atoms with Gasteiger partial charge in [-0.05, 0) is 17.8 Å². The standard InChI is InChI=1S/C14H26N2O2/c1-6-10(3)12-13(18)16(8-11(17)15-12)9-14(4,5)7-2/h10,12H,6-9H2,1-5H3,(H,15,17). The van der Waals surface area contributed by atoms with Crippen molar-refractivity contribution >= 4 is 11.8 Å². The van der Waals surface area contributed by atoms with E-state index in [1.54, 1.807) is 4.90 Å². The maximum atomic E-state index is 12.4. The molecule has 1 aliphatic rings. The summed E-state index contributed by atoms with van der Waals surface area (Å²) in [6.45, 7) is 11.3. The highest BCUT2D eigenvalue weighted by atomic mass is 16.2. The molecule has 0 aromatic rings. The van der Waals surface area contributed by atoms with Crippen LogP contribution < -0.4 is 5.32 Å². The molecule has 4 heteroatoms. The molecule has 4 nitrogen and oxygen atoms in total. The lowest BCUT2D eigenvalue weighted by Crippen LogP contribution is -2.61. The minimum atomic E-state index is -0.344. The second-order valence-electron chi connectivity index (χ2n) is 6.14. The first-order chi connectivity index (χ1) is 8.30. The molecule has 2 atom stereocenters. The van der Waals surface area contributed by atoms with Crippen LogP contribution in [-0.4, -0.2) is 35.8 Å². The number of piperazine rings is 1. The SMILES string of the molecule is CCC(C)C1NC(=O)CN(CC(C)(C)CC)C1=O. The van der Waals surface area contributed by atoms with E-state index in [0.29, 0.717) is 6.54 Å². The molecular formula is C14H26N2O2. The highest BCUT2D eigenvalue weighted by Crippen LogP contribution is 2.23. The quantitative estimate of drug-likeness (QED) is 0.813. The summed E-state index contributed by atoms with van der Waals surface area (Å²) >= 11 is 0. The van der Waals surface area contributed by atoms with E-state index < -0.39 is 0 Å². The van der Waals surface area contributed by atoms with Gasteiger partial charge in [0.1, 0.15) is 6.04 Å². The van der Waals surface area contributed by atoms with Crippen molar-refractivity contribution in [2.24, 2.45) is 11.3 Å². The Balaban J connectivity index is 2.80. The van der Waals surface area contributed by atoms with E-state index in [0.717, 1.165) is 12.8 Å². The summed E-state index contributed by atoms with van der Waals surface area (Å²) in [5, 5.41) is 2.82. The van der Waals surface area contributed by atoms with Crippen molar-refractivity contribution in [3.63, 3.8) is 0 Å². The number of nitrogens with one attached hydrogen (secondary N) is 1. The fraction of sp³-hybridized carbons (Fsp3) is 0.857. The Labute approximate surface area is 110 Å². The van der Waals surface area contributed by atoms with E-state index in [2.05, 4.69) is 26.1 Å². The Morgan fingerprint density at radius 2 is 2.00 bits per heavy atom. The van der Waals surface area contributed by atoms with Gasteiger partial charge in [0, 0.05) is 6.54 Å². The van der Waals surface area contributed by atoms with Gasteiger partial charge in [0.25, 0.3) is 0 Å². The molecule has 104 valence electrons. The molecule has 0 bridgehead atoms. The first-order valence-electron chi connectivity index (χ1n) is 6.89. The van der Waals surface area contributed by atoms with Gasteiger partial charge in [-0.15, -0.1) is 0 Å². The lowest BCUT2D eigenvalue weighted by molar-refractivity contribution is -0.147. The third-order valence-corrected chi connectivity index (χ3v) is 4.02. The number of rotatable bonds is 5. The van der Waals surface area contributed by atoms with Crippen LogP contribution in [0.4, 0.5) is 0 Å². The number of carbonyl (C=O) groups excluding carboxylic acids is 2. The molecule has 1 rings (SSSR count). The summed E-state index contributed by atoms with van der Waals surface area (Å²) in [4.78, 5) is 25.8. The van der Waals surface area contributed by atoms with Crippen LogP contribution in [0.2, 0.25) is 0 Å². The van der Waals surface area contributed by atoms with Gasteiger partial charge in [-0.1, -0.05) is 41.0 Å². The van der Waals surface area contributed by atoms with Crippen molar-refractivity contribution in [1.29, 1.82) is 0 Å². The molecule has 18 heavy (non-hydrogen) atoms. The first-order valence-corrected chi connectivity index (χ1v) is 6.89. The zero-order valence-corrected chi connectivity index (χ0v) is 12.2. The lowest BCUT2D eigenvalue weighted by atomic mass is 9.88. The normalized spacial score (nSPS) is 22.9. The van der Waals surface area contributed by atoms with Crippen LogP contribution in [0.15, 0.2) is 0 Å². The van der Waals surface area contributed by atoms with E-state index in [1.165, 1.54) is 0 Å². The fourth-order valence-corrected chi connectivity index (χ4v) is 2.11. The topological polar surface area (TPSA) is 49.4 Å². The molecule has 0 spiro atoms. The molecule has 2 unspecified atom stereocenters. The van der Waals surface area contributed by atoms with Crippen molar-refractivity contribution in [1.82, 2.24) is 10.2 Å². The number of hydrogen-bond donors (Lipinski definition) is 1. The van der Waals surface area contributed by atoms with Crippen molar-refractivity contribution in [3.8, 4) is 0 Å². The van der Waals surface area contributed by atoms with Gasteiger partial charge in [-0.25, -0.2) is 0 Å². The molecular weight excluding hydrogens is 228 g/mol. The monoisotopic (exact) mass is 254 g/mol. The maximum absolute atomic E-state index is 12.4. The van der Waals surface area contributed by atoms with Gasteiger partial charge in [-0.3, -0.25) is 9.59 Å². The van der Waals surface area contributed by atoms with E-state index in [9.17, 15) is 9.59 Å². The summed E-state index contributed by atoms with van der Waals surface area (Å²) in [5.41, 5.74) is 0.0628. The molecule has 0 aromatic heterocycles. The van der Waals surface area contributed by atoms with E-state index in [1.807, 2.05) is 13.8 Å². The van der Waals surface area contributed by atoms with E-state index in [-0.39, 0.29) is 35.7 Å². The summed E-state index contributed by atoms with van der Waals surface area (Å²) in [5.74, 6) is 0.228. The van der Waals surface area contributed by atoms with Crippen LogP contribution in [0.25, 0.3) is 0 Å². The molecule has 0 saturated carbocycles. The summed E-state index contributed by atoms with van der Waals surface area (Å²) in [7, 11) is 0. The number of amides is 2. The Kier molecular flexibility index (Phi) is 4.77. The van der Waals surface area contributed by atoms with Crippen molar-refractivity contribution in [2.45, 2.75) is 53.5 Å². The number of hydrogen-bond acceptors (Lipinski definition) is 2. The summed E-state index contributed by atoms with van der Waals surface area (Å²) in [6, 6.07) is -0.344. The predicted molar refractivity (Wildman–Crippen MR) is 72.0 cm³/mol. The molecule has 1 heterocycles. The van der Waals surface area contributed by atoms with Crippen LogP contribution in [0, 0.1) is 11.3 Å². The van der Waals surface area contributed by atoms with Gasteiger partial charge in [-0.2, -0.15) is 0 Å². The van der Waals surface area contributed by atoms with Crippen LogP contribution in [0.3, 0.4) is 0 Å². The molecule has 0 aliphatic carbocycles. The van der Waals surface area contributed by atoms with Gasteiger partial charge < -0.3 is 10.2 Å². The average Bonchev–Trinajstić information content (AvgIpc) is 2.32. The summed E-state index contributed by atoms with van der Waals surface area (Å²) < 4.78 is 0. The van der Waals surface area contributed by atoms with Crippen LogP contribution in [-0.2, 0) is 9.59 Å². The Morgan fingerprint density at radius 3 is 2.50 bits per heavy atom. The predicted octanol–water partition coefficient (Wildman–Crippen LogP) is 1.80. The minimum absolute atomic E-state index is 0.0354. The highest BCUT2D eigenvalue weighted by Gasteiger charge is 2.37. The first kappa shape index (κ1) is 15.0. The largest absolute Gasteiger partial charge is 0.342 e. The summed E-state index contributed by atoms with van der Waals surface area (Å²) in [6.07, 6.45) is 1.88. The van der Waals surface area contributed by atoms with Crippen molar-refractivity contribution < 1.29 is 9.59 Å². The second-order valence-corrected chi connectivity index (χ2v) is 6.14. The number of carbonyl (C=O) groups is 2. The zero-order chi connectivity index (χ0) is 13.9. The average molecular weight is 254 g/mol.